The minimum atomic E-state index is -0.409. The first-order valence-corrected chi connectivity index (χ1v) is 8.39. The second-order valence-corrected chi connectivity index (χ2v) is 5.60. The molecule has 0 fully saturated rings. The van der Waals surface area contributed by atoms with E-state index in [9.17, 15) is 4.79 Å². The number of unbranched alkanes of at least 4 members (excludes halogenated alkanes) is 1. The van der Waals surface area contributed by atoms with Crippen LogP contribution < -0.4 is 16.4 Å². The van der Waals surface area contributed by atoms with E-state index < -0.39 is 5.91 Å². The SMILES string of the molecule is CN=C(NCCCCSC)NCc1cccc(C(N)=O)c1.I. The Morgan fingerprint density at radius 1 is 1.32 bits per heavy atom. The van der Waals surface area contributed by atoms with Crippen molar-refractivity contribution in [3.63, 3.8) is 0 Å². The fourth-order valence-electron chi connectivity index (χ4n) is 1.82. The minimum Gasteiger partial charge on any atom is -0.366 e. The van der Waals surface area contributed by atoms with Crippen LogP contribution in [0.5, 0.6) is 0 Å². The molecule has 7 heteroatoms. The van der Waals surface area contributed by atoms with Gasteiger partial charge >= 0.3 is 0 Å². The number of benzene rings is 1. The summed E-state index contributed by atoms with van der Waals surface area (Å²) in [6.07, 6.45) is 4.44. The number of nitrogens with two attached hydrogens (primary N) is 1. The topological polar surface area (TPSA) is 79.5 Å². The van der Waals surface area contributed by atoms with Crippen molar-refractivity contribution in [3.05, 3.63) is 35.4 Å². The van der Waals surface area contributed by atoms with Gasteiger partial charge in [-0.25, -0.2) is 0 Å². The van der Waals surface area contributed by atoms with Gasteiger partial charge in [0.05, 0.1) is 0 Å². The third-order valence-corrected chi connectivity index (χ3v) is 3.66. The Labute approximate surface area is 153 Å². The van der Waals surface area contributed by atoms with Gasteiger partial charge in [0.25, 0.3) is 0 Å². The maximum absolute atomic E-state index is 11.1. The van der Waals surface area contributed by atoms with E-state index in [1.165, 1.54) is 12.2 Å². The van der Waals surface area contributed by atoms with Gasteiger partial charge in [-0.15, -0.1) is 24.0 Å². The number of nitrogens with one attached hydrogen (secondary N) is 2. The number of carbonyl (C=O) groups excluding carboxylic acids is 1. The van der Waals surface area contributed by atoms with Crippen molar-refractivity contribution >= 4 is 47.6 Å². The highest BCUT2D eigenvalue weighted by molar-refractivity contribution is 14.0. The van der Waals surface area contributed by atoms with Crippen LogP contribution in [0.15, 0.2) is 29.3 Å². The van der Waals surface area contributed by atoms with Crippen LogP contribution >= 0.6 is 35.7 Å². The zero-order valence-electron chi connectivity index (χ0n) is 13.1. The van der Waals surface area contributed by atoms with Crippen molar-refractivity contribution < 1.29 is 4.79 Å². The lowest BCUT2D eigenvalue weighted by Gasteiger charge is -2.12. The molecule has 4 N–H and O–H groups in total. The van der Waals surface area contributed by atoms with E-state index in [1.54, 1.807) is 19.2 Å². The molecule has 1 rings (SSSR count). The monoisotopic (exact) mass is 436 g/mol. The third-order valence-electron chi connectivity index (χ3n) is 2.96. The van der Waals surface area contributed by atoms with E-state index in [0.29, 0.717) is 12.1 Å². The number of rotatable bonds is 8. The Balaban J connectivity index is 0.00000441. The largest absolute Gasteiger partial charge is 0.366 e. The first-order chi connectivity index (χ1) is 10.2. The molecule has 0 radical (unpaired) electrons. The quantitative estimate of drug-likeness (QED) is 0.253. The van der Waals surface area contributed by atoms with Crippen molar-refractivity contribution in [2.75, 3.05) is 25.6 Å². The molecule has 0 atom stereocenters. The van der Waals surface area contributed by atoms with Crippen molar-refractivity contribution in [1.29, 1.82) is 0 Å². The number of nitrogens with zero attached hydrogens (tertiary/aromatic N) is 1. The van der Waals surface area contributed by atoms with Gasteiger partial charge in [0, 0.05) is 25.7 Å². The summed E-state index contributed by atoms with van der Waals surface area (Å²) in [4.78, 5) is 15.3. The average molecular weight is 436 g/mol. The van der Waals surface area contributed by atoms with Gasteiger partial charge in [-0.2, -0.15) is 11.8 Å². The van der Waals surface area contributed by atoms with E-state index >= 15 is 0 Å². The van der Waals surface area contributed by atoms with Gasteiger partial charge in [0.2, 0.25) is 5.91 Å². The van der Waals surface area contributed by atoms with Gasteiger partial charge in [-0.1, -0.05) is 12.1 Å². The highest BCUT2D eigenvalue weighted by Crippen LogP contribution is 2.04. The van der Waals surface area contributed by atoms with E-state index in [2.05, 4.69) is 21.9 Å². The number of primary amides is 1. The van der Waals surface area contributed by atoms with Crippen molar-refractivity contribution in [3.8, 4) is 0 Å². The summed E-state index contributed by atoms with van der Waals surface area (Å²) in [7, 11) is 1.75. The van der Waals surface area contributed by atoms with Gasteiger partial charge in [0.1, 0.15) is 0 Å². The molecule has 0 saturated heterocycles. The zero-order chi connectivity index (χ0) is 15.5. The molecule has 0 aliphatic carbocycles. The normalized spacial score (nSPS) is 10.7. The summed E-state index contributed by atoms with van der Waals surface area (Å²) in [5.41, 5.74) is 6.79. The molecule has 1 aromatic carbocycles. The Morgan fingerprint density at radius 2 is 2.09 bits per heavy atom. The number of hydrogen-bond donors (Lipinski definition) is 3. The van der Waals surface area contributed by atoms with E-state index in [0.717, 1.165) is 24.5 Å². The molecule has 0 aliphatic rings. The molecule has 22 heavy (non-hydrogen) atoms. The summed E-state index contributed by atoms with van der Waals surface area (Å²) in [5, 5.41) is 6.50. The Bertz CT molecular complexity index is 482. The fraction of sp³-hybridized carbons (Fsp3) is 0.467. The van der Waals surface area contributed by atoms with Crippen LogP contribution in [0, 0.1) is 0 Å². The fourth-order valence-corrected chi connectivity index (χ4v) is 2.31. The summed E-state index contributed by atoms with van der Waals surface area (Å²) in [6, 6.07) is 7.28. The molecule has 0 heterocycles. The van der Waals surface area contributed by atoms with Crippen molar-refractivity contribution in [2.45, 2.75) is 19.4 Å². The summed E-state index contributed by atoms with van der Waals surface area (Å²) in [5.74, 6) is 1.55. The van der Waals surface area contributed by atoms with Crippen molar-refractivity contribution in [2.24, 2.45) is 10.7 Å². The van der Waals surface area contributed by atoms with Crippen molar-refractivity contribution in [1.82, 2.24) is 10.6 Å². The van der Waals surface area contributed by atoms with Crippen LogP contribution in [0.1, 0.15) is 28.8 Å². The predicted octanol–water partition coefficient (Wildman–Crippen LogP) is 2.21. The Kier molecular flexibility index (Phi) is 12.0. The molecule has 0 unspecified atom stereocenters. The van der Waals surface area contributed by atoms with Crippen LogP contribution in [0.25, 0.3) is 0 Å². The number of carbonyl (C=O) groups is 1. The van der Waals surface area contributed by atoms with Gasteiger partial charge in [-0.05, 0) is 42.5 Å². The first-order valence-electron chi connectivity index (χ1n) is 6.99. The number of halogens is 1. The summed E-state index contributed by atoms with van der Waals surface area (Å²) in [6.45, 7) is 1.51. The molecule has 0 aliphatic heterocycles. The van der Waals surface area contributed by atoms with E-state index in [1.807, 2.05) is 23.9 Å². The average Bonchev–Trinajstić information content (AvgIpc) is 2.50. The minimum absolute atomic E-state index is 0. The number of guanidine groups is 1. The van der Waals surface area contributed by atoms with Gasteiger partial charge in [0.15, 0.2) is 5.96 Å². The zero-order valence-corrected chi connectivity index (χ0v) is 16.2. The maximum atomic E-state index is 11.1. The third kappa shape index (κ3) is 8.47. The lowest BCUT2D eigenvalue weighted by atomic mass is 10.1. The van der Waals surface area contributed by atoms with Crippen LogP contribution in [0.4, 0.5) is 0 Å². The highest BCUT2D eigenvalue weighted by atomic mass is 127. The molecular formula is C15H25IN4OS. The number of amides is 1. The second-order valence-electron chi connectivity index (χ2n) is 4.62. The number of thioether (sulfide) groups is 1. The Hall–Kier alpha value is -0.960. The van der Waals surface area contributed by atoms with Crippen LogP contribution in [0.3, 0.4) is 0 Å². The number of hydrogen-bond acceptors (Lipinski definition) is 3. The smallest absolute Gasteiger partial charge is 0.248 e. The molecule has 0 spiro atoms. The van der Waals surface area contributed by atoms with Gasteiger partial charge in [-0.3, -0.25) is 9.79 Å². The van der Waals surface area contributed by atoms with Gasteiger partial charge < -0.3 is 16.4 Å². The molecular weight excluding hydrogens is 411 g/mol. The molecule has 1 aromatic rings. The molecule has 0 bridgehead atoms. The highest BCUT2D eigenvalue weighted by Gasteiger charge is 2.02. The van der Waals surface area contributed by atoms with Crippen LogP contribution in [-0.2, 0) is 6.54 Å². The lowest BCUT2D eigenvalue weighted by molar-refractivity contribution is 0.1000. The Morgan fingerprint density at radius 3 is 2.73 bits per heavy atom. The molecule has 5 nitrogen and oxygen atoms in total. The molecule has 0 aromatic heterocycles. The predicted molar refractivity (Wildman–Crippen MR) is 106 cm³/mol. The van der Waals surface area contributed by atoms with Crippen LogP contribution in [0.2, 0.25) is 0 Å². The second kappa shape index (κ2) is 12.6. The van der Waals surface area contributed by atoms with E-state index in [-0.39, 0.29) is 24.0 Å². The first kappa shape index (κ1) is 21.0. The van der Waals surface area contributed by atoms with Crippen LogP contribution in [-0.4, -0.2) is 37.5 Å². The summed E-state index contributed by atoms with van der Waals surface area (Å²) < 4.78 is 0. The lowest BCUT2D eigenvalue weighted by Crippen LogP contribution is -2.37. The summed E-state index contributed by atoms with van der Waals surface area (Å²) >= 11 is 1.87. The molecule has 0 saturated carbocycles. The standard InChI is InChI=1S/C15H24N4OS.HI/c1-17-15(18-8-3-4-9-21-2)19-11-12-6-5-7-13(10-12)14(16)20;/h5-7,10H,3-4,8-9,11H2,1-2H3,(H2,16,20)(H2,17,18,19);1H. The number of aliphatic imine (C=N–C) groups is 1. The van der Waals surface area contributed by atoms with E-state index in [4.69, 9.17) is 5.73 Å². The molecule has 124 valence electrons. The molecule has 1 amide bonds. The maximum Gasteiger partial charge on any atom is 0.248 e.